The van der Waals surface area contributed by atoms with Gasteiger partial charge in [0, 0.05) is 9.75 Å². The van der Waals surface area contributed by atoms with Crippen molar-refractivity contribution in [2.75, 3.05) is 0 Å². The molecule has 0 aliphatic heterocycles. The van der Waals surface area contributed by atoms with E-state index in [-0.39, 0.29) is 5.56 Å². The molecule has 0 bridgehead atoms. The van der Waals surface area contributed by atoms with Gasteiger partial charge in [-0.25, -0.2) is 8.78 Å². The zero-order chi connectivity index (χ0) is 18.8. The molecule has 0 saturated carbocycles. The highest BCUT2D eigenvalue weighted by molar-refractivity contribution is 7.78. The molecule has 0 fully saturated rings. The Labute approximate surface area is 165 Å². The molecule has 0 N–H and O–H groups in total. The van der Waals surface area contributed by atoms with E-state index in [1.54, 1.807) is 35.6 Å². The van der Waals surface area contributed by atoms with Crippen LogP contribution in [0.1, 0.15) is 24.1 Å². The topological polar surface area (TPSA) is 12.4 Å². The van der Waals surface area contributed by atoms with E-state index in [0.717, 1.165) is 17.7 Å². The Bertz CT molecular complexity index is 1050. The average molecular weight is 395 g/mol. The molecule has 0 radical (unpaired) electrons. The van der Waals surface area contributed by atoms with Gasteiger partial charge in [-0.3, -0.25) is 0 Å². The summed E-state index contributed by atoms with van der Waals surface area (Å²) in [5, 5.41) is 2.27. The van der Waals surface area contributed by atoms with Crippen molar-refractivity contribution in [2.24, 2.45) is 4.99 Å². The van der Waals surface area contributed by atoms with E-state index in [1.165, 1.54) is 29.0 Å². The zero-order valence-electron chi connectivity index (χ0n) is 14.3. The van der Waals surface area contributed by atoms with E-state index in [4.69, 9.17) is 0 Å². The van der Waals surface area contributed by atoms with Crippen LogP contribution in [0.15, 0.2) is 59.6 Å². The smallest absolute Gasteiger partial charge is 0.134 e. The van der Waals surface area contributed by atoms with Crippen LogP contribution in [-0.4, -0.2) is 5.16 Å². The fourth-order valence-electron chi connectivity index (χ4n) is 3.31. The summed E-state index contributed by atoms with van der Waals surface area (Å²) in [5.41, 5.74) is 2.92. The predicted molar refractivity (Wildman–Crippen MR) is 112 cm³/mol. The highest BCUT2D eigenvalue weighted by Crippen LogP contribution is 2.38. The third-order valence-electron chi connectivity index (χ3n) is 4.62. The van der Waals surface area contributed by atoms with Gasteiger partial charge in [0.05, 0.1) is 16.4 Å². The lowest BCUT2D eigenvalue weighted by Crippen LogP contribution is -1.91. The second kappa shape index (κ2) is 7.65. The molecule has 1 aromatic heterocycles. The number of nitrogens with zero attached hydrogens (tertiary/aromatic N) is 1. The number of aliphatic imine (C=N–C) groups is 1. The van der Waals surface area contributed by atoms with Gasteiger partial charge < -0.3 is 0 Å². The average Bonchev–Trinajstić information content (AvgIpc) is 3.34. The van der Waals surface area contributed by atoms with Crippen LogP contribution >= 0.6 is 23.6 Å². The summed E-state index contributed by atoms with van der Waals surface area (Å²) in [6.45, 7) is 0. The van der Waals surface area contributed by atoms with Crippen molar-refractivity contribution in [3.05, 3.63) is 71.1 Å². The molecule has 0 unspecified atom stereocenters. The second-order valence-electron chi connectivity index (χ2n) is 6.35. The van der Waals surface area contributed by atoms with Crippen LogP contribution in [0.3, 0.4) is 0 Å². The fraction of sp³-hybridized carbons (Fsp3) is 0.136. The van der Waals surface area contributed by atoms with Crippen LogP contribution in [0.25, 0.3) is 27.1 Å². The number of thiocarbonyl (C=S) groups is 1. The molecule has 1 nitrogen and oxygen atoms in total. The summed E-state index contributed by atoms with van der Waals surface area (Å²) in [6.07, 6.45) is 5.60. The van der Waals surface area contributed by atoms with Crippen LogP contribution in [0.2, 0.25) is 0 Å². The van der Waals surface area contributed by atoms with Crippen molar-refractivity contribution < 1.29 is 8.78 Å². The molecular weight excluding hydrogens is 380 g/mol. The van der Waals surface area contributed by atoms with Gasteiger partial charge in [-0.1, -0.05) is 18.2 Å². The largest absolute Gasteiger partial charge is 0.206 e. The number of hydrogen-bond donors (Lipinski definition) is 0. The Morgan fingerprint density at radius 1 is 0.926 bits per heavy atom. The minimum atomic E-state index is -0.578. The van der Waals surface area contributed by atoms with Crippen LogP contribution in [-0.2, 0) is 0 Å². The molecule has 1 heterocycles. The van der Waals surface area contributed by atoms with Crippen molar-refractivity contribution >= 4 is 40.0 Å². The first-order valence-corrected chi connectivity index (χ1v) is 9.85. The third kappa shape index (κ3) is 3.67. The predicted octanol–water partition coefficient (Wildman–Crippen LogP) is 7.66. The molecule has 4 rings (SSSR count). The van der Waals surface area contributed by atoms with Crippen LogP contribution < -0.4 is 0 Å². The number of isothiocyanates is 1. The molecule has 0 spiro atoms. The molecule has 5 heteroatoms. The maximum Gasteiger partial charge on any atom is 0.134 e. The van der Waals surface area contributed by atoms with Crippen molar-refractivity contribution in [3.8, 4) is 21.6 Å². The number of halogens is 2. The molecule has 2 aromatic carbocycles. The molecule has 134 valence electrons. The summed E-state index contributed by atoms with van der Waals surface area (Å²) >= 11 is 6.14. The van der Waals surface area contributed by atoms with Gasteiger partial charge in [-0.2, -0.15) is 4.99 Å². The van der Waals surface area contributed by atoms with Crippen molar-refractivity contribution in [1.29, 1.82) is 0 Å². The SMILES string of the molecule is Fc1cc(-c2ccc(C3=CCCC3)s2)cc(F)c1-c1ccc(N=C=S)cc1. The molecule has 0 atom stereocenters. The van der Waals surface area contributed by atoms with Crippen molar-refractivity contribution in [2.45, 2.75) is 19.3 Å². The van der Waals surface area contributed by atoms with E-state index in [0.29, 0.717) is 16.8 Å². The maximum atomic E-state index is 14.7. The summed E-state index contributed by atoms with van der Waals surface area (Å²) in [6, 6.07) is 13.3. The fourth-order valence-corrected chi connectivity index (χ4v) is 4.47. The minimum Gasteiger partial charge on any atom is -0.206 e. The van der Waals surface area contributed by atoms with Crippen molar-refractivity contribution in [1.82, 2.24) is 0 Å². The Morgan fingerprint density at radius 2 is 1.63 bits per heavy atom. The molecular formula is C22H15F2NS2. The standard InChI is InChI=1S/C22H15F2NS2/c23-18-11-16(21-10-9-20(27-21)14-3-1-2-4-14)12-19(24)22(18)15-5-7-17(8-6-15)25-13-26/h3,5-12H,1-2,4H2. The van der Waals surface area contributed by atoms with Gasteiger partial charge in [-0.05, 0) is 84.6 Å². The number of allylic oxidation sites excluding steroid dienone is 2. The Hall–Kier alpha value is -2.46. The molecule has 1 aliphatic carbocycles. The van der Waals surface area contributed by atoms with Gasteiger partial charge in [0.1, 0.15) is 11.6 Å². The normalized spacial score (nSPS) is 13.3. The second-order valence-corrected chi connectivity index (χ2v) is 7.62. The minimum absolute atomic E-state index is 0.0353. The summed E-state index contributed by atoms with van der Waals surface area (Å²) in [7, 11) is 0. The summed E-state index contributed by atoms with van der Waals surface area (Å²) in [5.74, 6) is -1.16. The zero-order valence-corrected chi connectivity index (χ0v) is 16.0. The van der Waals surface area contributed by atoms with Crippen molar-refractivity contribution in [3.63, 3.8) is 0 Å². The van der Waals surface area contributed by atoms with Crippen LogP contribution in [0, 0.1) is 11.6 Å². The van der Waals surface area contributed by atoms with Crippen LogP contribution in [0.4, 0.5) is 14.5 Å². The van der Waals surface area contributed by atoms with Gasteiger partial charge >= 0.3 is 0 Å². The van der Waals surface area contributed by atoms with E-state index >= 15 is 0 Å². The first kappa shape index (κ1) is 17.9. The Kier molecular flexibility index (Phi) is 5.08. The molecule has 0 saturated heterocycles. The van der Waals surface area contributed by atoms with Gasteiger partial charge in [-0.15, -0.1) is 11.3 Å². The number of thiophene rings is 1. The van der Waals surface area contributed by atoms with Crippen LogP contribution in [0.5, 0.6) is 0 Å². The molecule has 3 aromatic rings. The molecule has 1 aliphatic rings. The van der Waals surface area contributed by atoms with E-state index < -0.39 is 11.6 Å². The summed E-state index contributed by atoms with van der Waals surface area (Å²) < 4.78 is 29.5. The quantitative estimate of drug-likeness (QED) is 0.326. The number of hydrogen-bond acceptors (Lipinski definition) is 3. The maximum absolute atomic E-state index is 14.7. The monoisotopic (exact) mass is 395 g/mol. The van der Waals surface area contributed by atoms with E-state index in [1.807, 2.05) is 12.1 Å². The van der Waals surface area contributed by atoms with Gasteiger partial charge in [0.25, 0.3) is 0 Å². The first-order chi connectivity index (χ1) is 13.2. The number of rotatable bonds is 4. The lowest BCUT2D eigenvalue weighted by atomic mass is 10.0. The highest BCUT2D eigenvalue weighted by Gasteiger charge is 2.16. The Balaban J connectivity index is 1.68. The third-order valence-corrected chi connectivity index (χ3v) is 5.92. The lowest BCUT2D eigenvalue weighted by molar-refractivity contribution is 0.590. The van der Waals surface area contributed by atoms with Gasteiger partial charge in [0.15, 0.2) is 0 Å². The van der Waals surface area contributed by atoms with Gasteiger partial charge in [0.2, 0.25) is 0 Å². The van der Waals surface area contributed by atoms with E-state index in [2.05, 4.69) is 28.4 Å². The molecule has 0 amide bonds. The Morgan fingerprint density at radius 3 is 2.26 bits per heavy atom. The summed E-state index contributed by atoms with van der Waals surface area (Å²) in [4.78, 5) is 5.90. The lowest BCUT2D eigenvalue weighted by Gasteiger charge is -2.08. The molecule has 27 heavy (non-hydrogen) atoms. The number of benzene rings is 2. The van der Waals surface area contributed by atoms with E-state index in [9.17, 15) is 8.78 Å². The first-order valence-electron chi connectivity index (χ1n) is 8.62. The highest BCUT2D eigenvalue weighted by atomic mass is 32.1.